The van der Waals surface area contributed by atoms with E-state index in [1.165, 1.54) is 6.26 Å². The normalized spacial score (nSPS) is 13.7. The number of hydrogen-bond donors (Lipinski definition) is 1. The van der Waals surface area contributed by atoms with Crippen LogP contribution in [-0.2, 0) is 9.84 Å². The van der Waals surface area contributed by atoms with Gasteiger partial charge in [0, 0.05) is 18.0 Å². The van der Waals surface area contributed by atoms with E-state index in [9.17, 15) is 8.42 Å². The lowest BCUT2D eigenvalue weighted by molar-refractivity contribution is 0.511. The van der Waals surface area contributed by atoms with Crippen LogP contribution in [0.15, 0.2) is 29.2 Å². The van der Waals surface area contributed by atoms with Crippen LogP contribution in [0.5, 0.6) is 0 Å². The highest BCUT2D eigenvalue weighted by molar-refractivity contribution is 7.90. The molecule has 1 aromatic carbocycles. The average molecular weight is 255 g/mol. The Kier molecular flexibility index (Phi) is 4.57. The molecule has 1 N–H and O–H groups in total. The standard InChI is InChI=1S/C13H21NO2S/c1-5-13(10(2)3)14-11-6-8-12(9-7-11)17(4,15)16/h6-10,13-14H,5H2,1-4H3. The summed E-state index contributed by atoms with van der Waals surface area (Å²) in [6.45, 7) is 6.49. The molecule has 1 atom stereocenters. The highest BCUT2D eigenvalue weighted by atomic mass is 32.2. The van der Waals surface area contributed by atoms with Gasteiger partial charge < -0.3 is 5.32 Å². The van der Waals surface area contributed by atoms with E-state index >= 15 is 0 Å². The van der Waals surface area contributed by atoms with Gasteiger partial charge in [0.1, 0.15) is 0 Å². The van der Waals surface area contributed by atoms with Crippen LogP contribution in [0, 0.1) is 5.92 Å². The first-order valence-electron chi connectivity index (χ1n) is 5.91. The van der Waals surface area contributed by atoms with Crippen molar-refractivity contribution in [3.63, 3.8) is 0 Å². The molecule has 0 saturated carbocycles. The summed E-state index contributed by atoms with van der Waals surface area (Å²) in [5.41, 5.74) is 0.970. The molecule has 0 heterocycles. The third kappa shape index (κ3) is 4.04. The molecule has 0 aliphatic rings. The van der Waals surface area contributed by atoms with E-state index in [-0.39, 0.29) is 0 Å². The van der Waals surface area contributed by atoms with E-state index in [1.54, 1.807) is 12.1 Å². The largest absolute Gasteiger partial charge is 0.382 e. The zero-order valence-electron chi connectivity index (χ0n) is 10.9. The topological polar surface area (TPSA) is 46.2 Å². The van der Waals surface area contributed by atoms with Crippen molar-refractivity contribution in [1.82, 2.24) is 0 Å². The Labute approximate surface area is 104 Å². The van der Waals surface area contributed by atoms with Crippen molar-refractivity contribution < 1.29 is 8.42 Å². The van der Waals surface area contributed by atoms with Gasteiger partial charge in [-0.15, -0.1) is 0 Å². The van der Waals surface area contributed by atoms with Crippen LogP contribution in [0.3, 0.4) is 0 Å². The molecule has 0 bridgehead atoms. The fourth-order valence-corrected chi connectivity index (χ4v) is 2.38. The summed E-state index contributed by atoms with van der Waals surface area (Å²) in [7, 11) is -3.10. The van der Waals surface area contributed by atoms with Crippen molar-refractivity contribution in [3.05, 3.63) is 24.3 Å². The molecular formula is C13H21NO2S. The smallest absolute Gasteiger partial charge is 0.175 e. The van der Waals surface area contributed by atoms with Crippen LogP contribution in [0.2, 0.25) is 0 Å². The first-order valence-corrected chi connectivity index (χ1v) is 7.80. The molecule has 4 heteroatoms. The van der Waals surface area contributed by atoms with Crippen molar-refractivity contribution in [2.45, 2.75) is 38.1 Å². The summed E-state index contributed by atoms with van der Waals surface area (Å²) in [4.78, 5) is 0.362. The molecule has 0 fully saturated rings. The predicted molar refractivity (Wildman–Crippen MR) is 72.1 cm³/mol. The third-order valence-corrected chi connectivity index (χ3v) is 4.01. The fraction of sp³-hybridized carbons (Fsp3) is 0.538. The van der Waals surface area contributed by atoms with Crippen LogP contribution < -0.4 is 5.32 Å². The molecule has 3 nitrogen and oxygen atoms in total. The summed E-state index contributed by atoms with van der Waals surface area (Å²) in [6.07, 6.45) is 2.27. The maximum Gasteiger partial charge on any atom is 0.175 e. The van der Waals surface area contributed by atoms with Gasteiger partial charge in [0.05, 0.1) is 4.90 Å². The summed E-state index contributed by atoms with van der Waals surface area (Å²) in [5.74, 6) is 0.551. The maximum atomic E-state index is 11.3. The Bertz CT molecular complexity index is 449. The Hall–Kier alpha value is -1.03. The van der Waals surface area contributed by atoms with Gasteiger partial charge in [0.2, 0.25) is 0 Å². The molecule has 0 saturated heterocycles. The highest BCUT2D eigenvalue weighted by Gasteiger charge is 2.11. The van der Waals surface area contributed by atoms with Crippen LogP contribution in [0.1, 0.15) is 27.2 Å². The second kappa shape index (κ2) is 5.54. The second-order valence-electron chi connectivity index (χ2n) is 4.70. The molecule has 1 unspecified atom stereocenters. The SMILES string of the molecule is CCC(Nc1ccc(S(C)(=O)=O)cc1)C(C)C. The number of rotatable bonds is 5. The molecule has 0 aromatic heterocycles. The van der Waals surface area contributed by atoms with Crippen LogP contribution in [0.25, 0.3) is 0 Å². The van der Waals surface area contributed by atoms with Gasteiger partial charge in [0.15, 0.2) is 9.84 Å². The molecule has 0 amide bonds. The summed E-state index contributed by atoms with van der Waals surface area (Å²) in [6, 6.07) is 7.34. The predicted octanol–water partition coefficient (Wildman–Crippen LogP) is 2.94. The molecule has 0 spiro atoms. The van der Waals surface area contributed by atoms with Gasteiger partial charge in [0.25, 0.3) is 0 Å². The van der Waals surface area contributed by atoms with Gasteiger partial charge in [-0.2, -0.15) is 0 Å². The quantitative estimate of drug-likeness (QED) is 0.880. The number of nitrogens with one attached hydrogen (secondary N) is 1. The third-order valence-electron chi connectivity index (χ3n) is 2.88. The average Bonchev–Trinajstić information content (AvgIpc) is 2.25. The van der Waals surface area contributed by atoms with Gasteiger partial charge in [-0.3, -0.25) is 0 Å². The molecule has 17 heavy (non-hydrogen) atoms. The minimum atomic E-state index is -3.10. The molecule has 0 aliphatic carbocycles. The van der Waals surface area contributed by atoms with Crippen LogP contribution in [0.4, 0.5) is 5.69 Å². The van der Waals surface area contributed by atoms with Gasteiger partial charge >= 0.3 is 0 Å². The Balaban J connectivity index is 2.82. The van der Waals surface area contributed by atoms with Gasteiger partial charge in [-0.1, -0.05) is 20.8 Å². The lowest BCUT2D eigenvalue weighted by atomic mass is 10.0. The van der Waals surface area contributed by atoms with Crippen molar-refractivity contribution in [2.24, 2.45) is 5.92 Å². The fourth-order valence-electron chi connectivity index (χ4n) is 1.75. The molecule has 0 radical (unpaired) electrons. The van der Waals surface area contributed by atoms with Crippen molar-refractivity contribution in [3.8, 4) is 0 Å². The zero-order valence-corrected chi connectivity index (χ0v) is 11.7. The van der Waals surface area contributed by atoms with E-state index in [4.69, 9.17) is 0 Å². The van der Waals surface area contributed by atoms with Crippen molar-refractivity contribution in [2.75, 3.05) is 11.6 Å². The highest BCUT2D eigenvalue weighted by Crippen LogP contribution is 2.17. The van der Waals surface area contributed by atoms with E-state index in [1.807, 2.05) is 12.1 Å². The monoisotopic (exact) mass is 255 g/mol. The number of hydrogen-bond acceptors (Lipinski definition) is 3. The van der Waals surface area contributed by atoms with E-state index in [0.717, 1.165) is 12.1 Å². The number of benzene rings is 1. The Morgan fingerprint density at radius 3 is 2.06 bits per heavy atom. The molecule has 1 aromatic rings. The molecular weight excluding hydrogens is 234 g/mol. The van der Waals surface area contributed by atoms with Crippen molar-refractivity contribution in [1.29, 1.82) is 0 Å². The van der Waals surface area contributed by atoms with E-state index in [2.05, 4.69) is 26.1 Å². The molecule has 96 valence electrons. The van der Waals surface area contributed by atoms with Crippen LogP contribution >= 0.6 is 0 Å². The first-order chi connectivity index (χ1) is 7.84. The minimum Gasteiger partial charge on any atom is -0.382 e. The Morgan fingerprint density at radius 2 is 1.71 bits per heavy atom. The van der Waals surface area contributed by atoms with Gasteiger partial charge in [-0.05, 0) is 36.6 Å². The minimum absolute atomic E-state index is 0.362. The summed E-state index contributed by atoms with van der Waals surface area (Å²) < 4.78 is 22.6. The lowest BCUT2D eigenvalue weighted by Crippen LogP contribution is -2.24. The molecule has 0 aliphatic heterocycles. The molecule has 1 rings (SSSR count). The number of sulfone groups is 1. The van der Waals surface area contributed by atoms with E-state index < -0.39 is 9.84 Å². The first kappa shape index (κ1) is 14.0. The van der Waals surface area contributed by atoms with Crippen LogP contribution in [-0.4, -0.2) is 20.7 Å². The lowest BCUT2D eigenvalue weighted by Gasteiger charge is -2.22. The maximum absolute atomic E-state index is 11.3. The van der Waals surface area contributed by atoms with Gasteiger partial charge in [-0.25, -0.2) is 8.42 Å². The Morgan fingerprint density at radius 1 is 1.18 bits per heavy atom. The summed E-state index contributed by atoms with van der Waals surface area (Å²) in [5, 5.41) is 3.41. The summed E-state index contributed by atoms with van der Waals surface area (Å²) >= 11 is 0. The second-order valence-corrected chi connectivity index (χ2v) is 6.72. The van der Waals surface area contributed by atoms with E-state index in [0.29, 0.717) is 16.9 Å². The zero-order chi connectivity index (χ0) is 13.1. The number of anilines is 1. The van der Waals surface area contributed by atoms with Crippen molar-refractivity contribution >= 4 is 15.5 Å².